The smallest absolute Gasteiger partial charge is 0.265 e. The number of anilines is 1. The highest BCUT2D eigenvalue weighted by atomic mass is 79.9. The normalized spacial score (nSPS) is 17.4. The van der Waals surface area contributed by atoms with Gasteiger partial charge in [0.05, 0.1) is 23.2 Å². The maximum Gasteiger partial charge on any atom is 0.265 e. The van der Waals surface area contributed by atoms with E-state index in [-0.39, 0.29) is 33.1 Å². The van der Waals surface area contributed by atoms with E-state index in [2.05, 4.69) is 36.3 Å². The standard InChI is InChI=1S/C19H17BrClF2N5O2/c1-19(2)6-9(10-7-24-13-5-11(21)27-28(13)15(10)19)17(29)25-12-4-8(16(22)23)14(20)18(26-12)30-3/h4-5,7,9,16H,6H2,1-3H3,(H,25,26,29). The van der Waals surface area contributed by atoms with Gasteiger partial charge in [0.25, 0.3) is 6.43 Å². The van der Waals surface area contributed by atoms with E-state index in [1.54, 1.807) is 16.8 Å². The number of amides is 1. The third-order valence-electron chi connectivity index (χ3n) is 5.16. The molecule has 4 rings (SSSR count). The van der Waals surface area contributed by atoms with E-state index in [4.69, 9.17) is 16.3 Å². The van der Waals surface area contributed by atoms with E-state index in [1.165, 1.54) is 7.11 Å². The van der Waals surface area contributed by atoms with E-state index in [1.807, 2.05) is 13.8 Å². The molecule has 1 N–H and O–H groups in total. The van der Waals surface area contributed by atoms with E-state index in [0.717, 1.165) is 11.8 Å². The van der Waals surface area contributed by atoms with E-state index in [9.17, 15) is 13.6 Å². The van der Waals surface area contributed by atoms with Crippen molar-refractivity contribution in [1.82, 2.24) is 19.6 Å². The molecule has 158 valence electrons. The van der Waals surface area contributed by atoms with Gasteiger partial charge >= 0.3 is 0 Å². The van der Waals surface area contributed by atoms with Crippen LogP contribution in [-0.4, -0.2) is 32.6 Å². The Morgan fingerprint density at radius 2 is 2.17 bits per heavy atom. The summed E-state index contributed by atoms with van der Waals surface area (Å²) in [7, 11) is 1.32. The van der Waals surface area contributed by atoms with Crippen LogP contribution in [0.25, 0.3) is 5.65 Å². The zero-order valence-electron chi connectivity index (χ0n) is 16.2. The van der Waals surface area contributed by atoms with Gasteiger partial charge in [0.15, 0.2) is 10.8 Å². The first kappa shape index (κ1) is 20.9. The fourth-order valence-corrected chi connectivity index (χ4v) is 4.61. The second-order valence-electron chi connectivity index (χ2n) is 7.65. The Bertz CT molecular complexity index is 1170. The predicted octanol–water partition coefficient (Wildman–Crippen LogP) is 4.89. The molecule has 0 saturated heterocycles. The molecule has 0 fully saturated rings. The van der Waals surface area contributed by atoms with Gasteiger partial charge in [-0.3, -0.25) is 4.79 Å². The number of ether oxygens (including phenoxy) is 1. The van der Waals surface area contributed by atoms with Gasteiger partial charge < -0.3 is 10.1 Å². The zero-order chi connectivity index (χ0) is 21.8. The molecule has 0 aliphatic heterocycles. The van der Waals surface area contributed by atoms with E-state index < -0.39 is 12.3 Å². The van der Waals surface area contributed by atoms with Crippen LogP contribution < -0.4 is 10.1 Å². The summed E-state index contributed by atoms with van der Waals surface area (Å²) in [5, 5.41) is 7.25. The summed E-state index contributed by atoms with van der Waals surface area (Å²) in [6, 6.07) is 2.78. The Kier molecular flexibility index (Phi) is 5.17. The maximum atomic E-state index is 13.4. The van der Waals surface area contributed by atoms with Crippen molar-refractivity contribution in [3.05, 3.63) is 44.8 Å². The molecule has 1 atom stereocenters. The quantitative estimate of drug-likeness (QED) is 0.552. The number of pyridine rings is 1. The molecule has 1 aliphatic rings. The fourth-order valence-electron chi connectivity index (χ4n) is 3.90. The Hall–Kier alpha value is -2.33. The molecule has 0 bridgehead atoms. The molecule has 0 aromatic carbocycles. The van der Waals surface area contributed by atoms with Gasteiger partial charge in [0.2, 0.25) is 11.8 Å². The number of methoxy groups -OCH3 is 1. The van der Waals surface area contributed by atoms with E-state index in [0.29, 0.717) is 22.8 Å². The summed E-state index contributed by atoms with van der Waals surface area (Å²) < 4.78 is 33.5. The second-order valence-corrected chi connectivity index (χ2v) is 8.83. The number of carbonyl (C=O) groups excluding carboxylic acids is 1. The number of halogens is 4. The largest absolute Gasteiger partial charge is 0.480 e. The first-order valence-electron chi connectivity index (χ1n) is 9.00. The third-order valence-corrected chi connectivity index (χ3v) is 6.15. The fraction of sp³-hybridized carbons (Fsp3) is 0.368. The topological polar surface area (TPSA) is 81.4 Å². The van der Waals surface area contributed by atoms with Gasteiger partial charge in [0.1, 0.15) is 5.82 Å². The molecule has 3 heterocycles. The maximum absolute atomic E-state index is 13.4. The summed E-state index contributed by atoms with van der Waals surface area (Å²) in [5.41, 5.74) is 1.44. The molecule has 1 amide bonds. The lowest BCUT2D eigenvalue weighted by molar-refractivity contribution is -0.117. The van der Waals surface area contributed by atoms with Crippen LogP contribution in [-0.2, 0) is 10.2 Å². The monoisotopic (exact) mass is 499 g/mol. The average Bonchev–Trinajstić information content (AvgIpc) is 3.18. The van der Waals surface area contributed by atoms with Gasteiger partial charge in [-0.25, -0.2) is 18.3 Å². The van der Waals surface area contributed by atoms with Crippen LogP contribution in [0.15, 0.2) is 22.8 Å². The lowest BCUT2D eigenvalue weighted by Crippen LogP contribution is -2.22. The minimum atomic E-state index is -2.76. The highest BCUT2D eigenvalue weighted by Crippen LogP contribution is 2.46. The van der Waals surface area contributed by atoms with Gasteiger partial charge in [-0.15, -0.1) is 0 Å². The SMILES string of the molecule is COc1nc(NC(=O)C2CC(C)(C)c3c2cnc2cc(Cl)nn32)cc(C(F)F)c1Br. The van der Waals surface area contributed by atoms with Crippen LogP contribution in [0.1, 0.15) is 49.4 Å². The van der Waals surface area contributed by atoms with Crippen molar-refractivity contribution in [3.63, 3.8) is 0 Å². The van der Waals surface area contributed by atoms with Crippen LogP contribution in [0.2, 0.25) is 5.15 Å². The highest BCUT2D eigenvalue weighted by Gasteiger charge is 2.43. The van der Waals surface area contributed by atoms with Crippen molar-refractivity contribution in [1.29, 1.82) is 0 Å². The lowest BCUT2D eigenvalue weighted by atomic mass is 9.88. The highest BCUT2D eigenvalue weighted by molar-refractivity contribution is 9.10. The molecule has 3 aromatic heterocycles. The van der Waals surface area contributed by atoms with Crippen LogP contribution in [0.4, 0.5) is 14.6 Å². The van der Waals surface area contributed by atoms with Gasteiger partial charge in [-0.05, 0) is 28.4 Å². The van der Waals surface area contributed by atoms with Crippen molar-refractivity contribution in [2.24, 2.45) is 0 Å². The number of carbonyl (C=O) groups is 1. The van der Waals surface area contributed by atoms with Crippen LogP contribution in [0, 0.1) is 0 Å². The van der Waals surface area contributed by atoms with Gasteiger partial charge in [0, 0.05) is 28.8 Å². The molecular weight excluding hydrogens is 484 g/mol. The predicted molar refractivity (Wildman–Crippen MR) is 110 cm³/mol. The lowest BCUT2D eigenvalue weighted by Gasteiger charge is -2.19. The minimum absolute atomic E-state index is 0.0159. The summed E-state index contributed by atoms with van der Waals surface area (Å²) in [4.78, 5) is 21.6. The number of hydrogen-bond acceptors (Lipinski definition) is 5. The molecule has 11 heteroatoms. The Morgan fingerprint density at radius 3 is 2.83 bits per heavy atom. The second kappa shape index (κ2) is 7.42. The molecule has 0 radical (unpaired) electrons. The van der Waals surface area contributed by atoms with Crippen molar-refractivity contribution in [3.8, 4) is 5.88 Å². The number of aromatic nitrogens is 4. The Labute approximate surface area is 183 Å². The average molecular weight is 501 g/mol. The summed E-state index contributed by atoms with van der Waals surface area (Å²) in [6.45, 7) is 4.01. The first-order valence-corrected chi connectivity index (χ1v) is 10.2. The molecule has 1 aliphatic carbocycles. The van der Waals surface area contributed by atoms with E-state index >= 15 is 0 Å². The van der Waals surface area contributed by atoms with Crippen LogP contribution in [0.5, 0.6) is 5.88 Å². The summed E-state index contributed by atoms with van der Waals surface area (Å²) in [5.74, 6) is -0.984. The number of hydrogen-bond donors (Lipinski definition) is 1. The summed E-state index contributed by atoms with van der Waals surface area (Å²) >= 11 is 9.09. The van der Waals surface area contributed by atoms with Crippen molar-refractivity contribution in [2.75, 3.05) is 12.4 Å². The van der Waals surface area contributed by atoms with Crippen molar-refractivity contribution in [2.45, 2.75) is 38.0 Å². The molecule has 3 aromatic rings. The molecule has 0 saturated carbocycles. The zero-order valence-corrected chi connectivity index (χ0v) is 18.6. The molecule has 7 nitrogen and oxygen atoms in total. The number of alkyl halides is 2. The number of nitrogens with zero attached hydrogens (tertiary/aromatic N) is 4. The third kappa shape index (κ3) is 3.41. The van der Waals surface area contributed by atoms with Crippen LogP contribution >= 0.6 is 27.5 Å². The molecule has 1 unspecified atom stereocenters. The van der Waals surface area contributed by atoms with Gasteiger partial charge in [-0.2, -0.15) is 10.1 Å². The number of nitrogens with one attached hydrogen (secondary N) is 1. The Morgan fingerprint density at radius 1 is 1.43 bits per heavy atom. The summed E-state index contributed by atoms with van der Waals surface area (Å²) in [6.07, 6.45) is -0.635. The number of fused-ring (bicyclic) bond motifs is 3. The number of rotatable bonds is 4. The van der Waals surface area contributed by atoms with Crippen LogP contribution in [0.3, 0.4) is 0 Å². The first-order chi connectivity index (χ1) is 14.1. The minimum Gasteiger partial charge on any atom is -0.480 e. The van der Waals surface area contributed by atoms with Crippen molar-refractivity contribution >= 4 is 44.9 Å². The van der Waals surface area contributed by atoms with Gasteiger partial charge in [-0.1, -0.05) is 25.4 Å². The molecular formula is C19H17BrClF2N5O2. The molecule has 0 spiro atoms. The van der Waals surface area contributed by atoms with Crippen molar-refractivity contribution < 1.29 is 18.3 Å². The molecule has 30 heavy (non-hydrogen) atoms. The Balaban J connectivity index is 1.71.